The molecule has 5 heteroatoms. The smallest absolute Gasteiger partial charge is 0.192 e. The van der Waals surface area contributed by atoms with Gasteiger partial charge >= 0.3 is 0 Å². The summed E-state index contributed by atoms with van der Waals surface area (Å²) >= 11 is 3.22. The number of aryl methyl sites for hydroxylation is 1. The van der Waals surface area contributed by atoms with Gasteiger partial charge in [0.05, 0.1) is 16.3 Å². The Hall–Kier alpha value is -1.72. The van der Waals surface area contributed by atoms with Gasteiger partial charge in [0.15, 0.2) is 5.78 Å². The number of thiophene rings is 2. The van der Waals surface area contributed by atoms with Crippen molar-refractivity contribution in [1.29, 1.82) is 0 Å². The van der Waals surface area contributed by atoms with E-state index in [1.165, 1.54) is 4.88 Å². The Morgan fingerprint density at radius 1 is 1.35 bits per heavy atom. The number of carbonyl (C=O) groups is 1. The second kappa shape index (κ2) is 5.73. The number of rotatable bonds is 5. The molecule has 0 saturated heterocycles. The molecule has 0 spiro atoms. The maximum Gasteiger partial charge on any atom is 0.192 e. The highest BCUT2D eigenvalue weighted by Crippen LogP contribution is 2.24. The summed E-state index contributed by atoms with van der Waals surface area (Å²) < 4.78 is 1.92. The third-order valence-corrected chi connectivity index (χ3v) is 5.19. The van der Waals surface area contributed by atoms with Crippen molar-refractivity contribution in [3.05, 3.63) is 51.8 Å². The zero-order chi connectivity index (χ0) is 13.9. The molecule has 0 aliphatic heterocycles. The van der Waals surface area contributed by atoms with Crippen molar-refractivity contribution in [3.8, 4) is 10.7 Å². The fraction of sp³-hybridized carbons (Fsp3) is 0.200. The van der Waals surface area contributed by atoms with Gasteiger partial charge < -0.3 is 4.57 Å². The molecule has 3 nitrogen and oxygen atoms in total. The van der Waals surface area contributed by atoms with Gasteiger partial charge in [-0.25, -0.2) is 4.98 Å². The summed E-state index contributed by atoms with van der Waals surface area (Å²) in [6.07, 6.45) is 4.58. The van der Waals surface area contributed by atoms with E-state index < -0.39 is 0 Å². The Labute approximate surface area is 125 Å². The Morgan fingerprint density at radius 2 is 2.25 bits per heavy atom. The lowest BCUT2D eigenvalue weighted by atomic mass is 10.3. The van der Waals surface area contributed by atoms with Crippen LogP contribution in [-0.4, -0.2) is 15.3 Å². The maximum atomic E-state index is 12.3. The van der Waals surface area contributed by atoms with Crippen molar-refractivity contribution in [2.24, 2.45) is 0 Å². The quantitative estimate of drug-likeness (QED) is 0.665. The molecule has 20 heavy (non-hydrogen) atoms. The number of imidazole rings is 1. The average Bonchev–Trinajstić information content (AvgIpc) is 3.19. The van der Waals surface area contributed by atoms with Gasteiger partial charge in [0.1, 0.15) is 5.82 Å². The predicted molar refractivity (Wildman–Crippen MR) is 83.6 cm³/mol. The number of hydrogen-bond acceptors (Lipinski definition) is 4. The lowest BCUT2D eigenvalue weighted by Gasteiger charge is -2.04. The van der Waals surface area contributed by atoms with Gasteiger partial charge in [0.25, 0.3) is 0 Å². The molecule has 0 bridgehead atoms. The van der Waals surface area contributed by atoms with Gasteiger partial charge in [-0.2, -0.15) is 0 Å². The highest BCUT2D eigenvalue weighted by atomic mass is 32.1. The fourth-order valence-corrected chi connectivity index (χ4v) is 3.63. The van der Waals surface area contributed by atoms with Gasteiger partial charge in [0, 0.05) is 17.3 Å². The molecule has 3 heterocycles. The van der Waals surface area contributed by atoms with Crippen molar-refractivity contribution in [3.63, 3.8) is 0 Å². The topological polar surface area (TPSA) is 34.9 Å². The van der Waals surface area contributed by atoms with E-state index in [1.807, 2.05) is 40.4 Å². The molecule has 0 unspecified atom stereocenters. The van der Waals surface area contributed by atoms with E-state index in [0.717, 1.165) is 22.0 Å². The Kier molecular flexibility index (Phi) is 3.80. The summed E-state index contributed by atoms with van der Waals surface area (Å²) in [5, 5.41) is 2.02. The first-order chi connectivity index (χ1) is 9.78. The lowest BCUT2D eigenvalue weighted by Crippen LogP contribution is -2.09. The minimum absolute atomic E-state index is 0.144. The van der Waals surface area contributed by atoms with Crippen LogP contribution in [0.2, 0.25) is 0 Å². The normalized spacial score (nSPS) is 10.8. The Bertz CT molecular complexity index is 710. The zero-order valence-electron chi connectivity index (χ0n) is 11.1. The number of nitrogens with zero attached hydrogens (tertiary/aromatic N) is 2. The summed E-state index contributed by atoms with van der Waals surface area (Å²) in [6.45, 7) is 2.45. The van der Waals surface area contributed by atoms with Crippen LogP contribution in [0.1, 0.15) is 21.5 Å². The van der Waals surface area contributed by atoms with Crippen LogP contribution in [0.3, 0.4) is 0 Å². The van der Waals surface area contributed by atoms with Crippen LogP contribution in [0.15, 0.2) is 42.0 Å². The number of ketones is 1. The SMILES string of the molecule is CCc1ccc(C(=O)Cn2ccnc2-c2cccs2)s1. The van der Waals surface area contributed by atoms with Crippen LogP contribution >= 0.6 is 22.7 Å². The lowest BCUT2D eigenvalue weighted by molar-refractivity contribution is 0.0976. The maximum absolute atomic E-state index is 12.3. The first kappa shape index (κ1) is 13.3. The van der Waals surface area contributed by atoms with Gasteiger partial charge in [0.2, 0.25) is 0 Å². The second-order valence-electron chi connectivity index (χ2n) is 4.40. The Balaban J connectivity index is 1.81. The van der Waals surface area contributed by atoms with Crippen molar-refractivity contribution >= 4 is 28.5 Å². The van der Waals surface area contributed by atoms with E-state index >= 15 is 0 Å². The van der Waals surface area contributed by atoms with Crippen LogP contribution in [0.4, 0.5) is 0 Å². The molecule has 0 aliphatic carbocycles. The third kappa shape index (κ3) is 2.59. The zero-order valence-corrected chi connectivity index (χ0v) is 12.7. The van der Waals surface area contributed by atoms with Crippen molar-refractivity contribution in [2.45, 2.75) is 19.9 Å². The molecule has 0 radical (unpaired) electrons. The van der Waals surface area contributed by atoms with E-state index in [1.54, 1.807) is 28.9 Å². The summed E-state index contributed by atoms with van der Waals surface area (Å²) in [5.41, 5.74) is 0. The van der Waals surface area contributed by atoms with E-state index in [4.69, 9.17) is 0 Å². The third-order valence-electron chi connectivity index (χ3n) is 3.06. The fourth-order valence-electron chi connectivity index (χ4n) is 2.02. The summed E-state index contributed by atoms with van der Waals surface area (Å²) in [7, 11) is 0. The van der Waals surface area contributed by atoms with Crippen LogP contribution in [0, 0.1) is 0 Å². The van der Waals surface area contributed by atoms with E-state index in [9.17, 15) is 4.79 Å². The molecule has 3 rings (SSSR count). The van der Waals surface area contributed by atoms with Crippen LogP contribution < -0.4 is 0 Å². The predicted octanol–water partition coefficient (Wildman–Crippen LogP) is 4.12. The number of aromatic nitrogens is 2. The molecule has 0 fully saturated rings. The molecule has 0 aromatic carbocycles. The molecular formula is C15H14N2OS2. The summed E-state index contributed by atoms with van der Waals surface area (Å²) in [4.78, 5) is 19.8. The monoisotopic (exact) mass is 302 g/mol. The molecule has 3 aromatic rings. The summed E-state index contributed by atoms with van der Waals surface area (Å²) in [5.74, 6) is 1.01. The molecule has 0 atom stereocenters. The van der Waals surface area contributed by atoms with Crippen LogP contribution in [0.25, 0.3) is 10.7 Å². The number of hydrogen-bond donors (Lipinski definition) is 0. The second-order valence-corrected chi connectivity index (χ2v) is 6.51. The first-order valence-electron chi connectivity index (χ1n) is 6.45. The van der Waals surface area contributed by atoms with Gasteiger partial charge in [-0.3, -0.25) is 4.79 Å². The average molecular weight is 302 g/mol. The largest absolute Gasteiger partial charge is 0.322 e. The van der Waals surface area contributed by atoms with Crippen LogP contribution in [-0.2, 0) is 13.0 Å². The van der Waals surface area contributed by atoms with Gasteiger partial charge in [-0.1, -0.05) is 13.0 Å². The number of carbonyl (C=O) groups excluding carboxylic acids is 1. The van der Waals surface area contributed by atoms with Gasteiger partial charge in [-0.05, 0) is 30.0 Å². The highest BCUT2D eigenvalue weighted by Gasteiger charge is 2.13. The highest BCUT2D eigenvalue weighted by molar-refractivity contribution is 7.14. The minimum Gasteiger partial charge on any atom is -0.322 e. The Morgan fingerprint density at radius 3 is 2.95 bits per heavy atom. The molecule has 0 amide bonds. The van der Waals surface area contributed by atoms with E-state index in [0.29, 0.717) is 6.54 Å². The molecule has 0 N–H and O–H groups in total. The van der Waals surface area contributed by atoms with E-state index in [2.05, 4.69) is 11.9 Å². The molecule has 102 valence electrons. The van der Waals surface area contributed by atoms with Gasteiger partial charge in [-0.15, -0.1) is 22.7 Å². The number of Topliss-reactive ketones (excluding diaryl/α,β-unsaturated/α-hetero) is 1. The molecule has 0 aliphatic rings. The van der Waals surface area contributed by atoms with Crippen molar-refractivity contribution in [1.82, 2.24) is 9.55 Å². The first-order valence-corrected chi connectivity index (χ1v) is 8.14. The molecular weight excluding hydrogens is 288 g/mol. The molecule has 0 saturated carbocycles. The summed E-state index contributed by atoms with van der Waals surface area (Å²) in [6, 6.07) is 7.97. The van der Waals surface area contributed by atoms with Crippen LogP contribution in [0.5, 0.6) is 0 Å². The standard InChI is InChI=1S/C15H14N2OS2/c1-2-11-5-6-13(20-11)12(18)10-17-8-7-16-15(17)14-4-3-9-19-14/h3-9H,2,10H2,1H3. The van der Waals surface area contributed by atoms with E-state index in [-0.39, 0.29) is 5.78 Å². The molecule has 3 aromatic heterocycles. The van der Waals surface area contributed by atoms with Crippen molar-refractivity contribution in [2.75, 3.05) is 0 Å². The van der Waals surface area contributed by atoms with Crippen molar-refractivity contribution < 1.29 is 4.79 Å². The minimum atomic E-state index is 0.144.